The zero-order valence-electron chi connectivity index (χ0n) is 8.26. The molecule has 0 aliphatic heterocycles. The average molecular weight is 174 g/mol. The van der Waals surface area contributed by atoms with E-state index in [1.807, 2.05) is 0 Å². The molecule has 0 N–H and O–H groups in total. The molecule has 70 valence electrons. The molecular weight excluding hydrogens is 156 g/mol. The van der Waals surface area contributed by atoms with Gasteiger partial charge in [-0.05, 0) is 67.6 Å². The Kier molecular flexibility index (Phi) is 1.03. The summed E-state index contributed by atoms with van der Waals surface area (Å²) in [6, 6.07) is 0. The lowest BCUT2D eigenvalue weighted by molar-refractivity contribution is 0.204. The molecule has 4 saturated carbocycles. The molecule has 0 aromatic heterocycles. The van der Waals surface area contributed by atoms with E-state index in [4.69, 9.17) is 0 Å². The maximum absolute atomic E-state index is 4.35. The number of hydrogen-bond donors (Lipinski definition) is 0. The monoisotopic (exact) mass is 174 g/mol. The molecule has 4 atom stereocenters. The molecule has 1 spiro atoms. The highest BCUT2D eigenvalue weighted by Gasteiger charge is 2.65. The predicted molar refractivity (Wildman–Crippen MR) is 53.2 cm³/mol. The van der Waals surface area contributed by atoms with E-state index in [1.165, 1.54) is 19.3 Å². The summed E-state index contributed by atoms with van der Waals surface area (Å²) < 4.78 is 0. The molecule has 4 aliphatic rings. The lowest BCUT2D eigenvalue weighted by Gasteiger charge is -2.28. The molecule has 0 nitrogen and oxygen atoms in total. The number of allylic oxidation sites excluding steroid dienone is 1. The molecule has 0 heteroatoms. The first-order valence-electron chi connectivity index (χ1n) is 5.99. The number of hydrogen-bond acceptors (Lipinski definition) is 0. The van der Waals surface area contributed by atoms with E-state index in [9.17, 15) is 0 Å². The summed E-state index contributed by atoms with van der Waals surface area (Å²) >= 11 is 0. The van der Waals surface area contributed by atoms with Crippen molar-refractivity contribution in [1.82, 2.24) is 0 Å². The molecule has 4 fully saturated rings. The van der Waals surface area contributed by atoms with Crippen LogP contribution in [0.2, 0.25) is 0 Å². The molecule has 0 radical (unpaired) electrons. The van der Waals surface area contributed by atoms with Crippen molar-refractivity contribution in [1.29, 1.82) is 0 Å². The zero-order valence-corrected chi connectivity index (χ0v) is 8.26. The standard InChI is InChI=1S/C13H18/c1-8-6-11-9-2-3-10(7-9)12(11)13(8)4-5-13/h9-12H,1-7H2/t9-,10+,11+,12-/m1/s1. The van der Waals surface area contributed by atoms with Gasteiger partial charge < -0.3 is 0 Å². The molecule has 0 unspecified atom stereocenters. The minimum absolute atomic E-state index is 0.713. The summed E-state index contributed by atoms with van der Waals surface area (Å²) in [5, 5.41) is 0. The largest absolute Gasteiger partial charge is 0.0993 e. The smallest absolute Gasteiger partial charge is 0.00563 e. The quantitative estimate of drug-likeness (QED) is 0.494. The van der Waals surface area contributed by atoms with Gasteiger partial charge in [-0.2, -0.15) is 0 Å². The summed E-state index contributed by atoms with van der Waals surface area (Å²) in [6.07, 6.45) is 9.10. The van der Waals surface area contributed by atoms with Crippen LogP contribution in [0, 0.1) is 29.1 Å². The van der Waals surface area contributed by atoms with E-state index in [-0.39, 0.29) is 0 Å². The Morgan fingerprint density at radius 3 is 2.69 bits per heavy atom. The van der Waals surface area contributed by atoms with Crippen molar-refractivity contribution in [3.8, 4) is 0 Å². The third-order valence-electron chi connectivity index (χ3n) is 5.70. The highest BCUT2D eigenvalue weighted by atomic mass is 14.7. The Hall–Kier alpha value is -0.260. The van der Waals surface area contributed by atoms with E-state index in [1.54, 1.807) is 24.8 Å². The molecule has 0 heterocycles. The van der Waals surface area contributed by atoms with Gasteiger partial charge in [0.05, 0.1) is 0 Å². The Morgan fingerprint density at radius 1 is 1.15 bits per heavy atom. The summed E-state index contributed by atoms with van der Waals surface area (Å²) in [5.41, 5.74) is 2.36. The van der Waals surface area contributed by atoms with Gasteiger partial charge in [0, 0.05) is 0 Å². The fourth-order valence-corrected chi connectivity index (χ4v) is 5.11. The van der Waals surface area contributed by atoms with E-state index >= 15 is 0 Å². The van der Waals surface area contributed by atoms with Gasteiger partial charge in [0.2, 0.25) is 0 Å². The van der Waals surface area contributed by atoms with Crippen LogP contribution in [0.3, 0.4) is 0 Å². The first-order valence-corrected chi connectivity index (χ1v) is 5.99. The SMILES string of the molecule is C=C1C[C@H]2[C@@H]3CC[C@@H](C3)[C@H]2C12CC2. The van der Waals surface area contributed by atoms with Crippen LogP contribution >= 0.6 is 0 Å². The highest BCUT2D eigenvalue weighted by Crippen LogP contribution is 2.74. The van der Waals surface area contributed by atoms with Crippen molar-refractivity contribution in [3.63, 3.8) is 0 Å². The van der Waals surface area contributed by atoms with Crippen LogP contribution in [-0.4, -0.2) is 0 Å². The van der Waals surface area contributed by atoms with Crippen LogP contribution in [0.5, 0.6) is 0 Å². The molecule has 0 amide bonds. The first-order chi connectivity index (χ1) is 6.31. The van der Waals surface area contributed by atoms with Crippen molar-refractivity contribution in [2.75, 3.05) is 0 Å². The maximum atomic E-state index is 4.35. The van der Waals surface area contributed by atoms with Crippen LogP contribution in [0.4, 0.5) is 0 Å². The van der Waals surface area contributed by atoms with Crippen molar-refractivity contribution in [2.45, 2.75) is 38.5 Å². The predicted octanol–water partition coefficient (Wildman–Crippen LogP) is 3.39. The molecule has 0 aromatic rings. The van der Waals surface area contributed by atoms with Crippen LogP contribution in [0.1, 0.15) is 38.5 Å². The summed E-state index contributed by atoms with van der Waals surface area (Å²) in [7, 11) is 0. The molecule has 13 heavy (non-hydrogen) atoms. The lowest BCUT2D eigenvalue weighted by atomic mass is 9.76. The lowest BCUT2D eigenvalue weighted by Crippen LogP contribution is -2.23. The fourth-order valence-electron chi connectivity index (χ4n) is 5.11. The maximum Gasteiger partial charge on any atom is -0.00563 e. The van der Waals surface area contributed by atoms with E-state index in [2.05, 4.69) is 6.58 Å². The van der Waals surface area contributed by atoms with E-state index < -0.39 is 0 Å². The van der Waals surface area contributed by atoms with Gasteiger partial charge in [-0.1, -0.05) is 12.2 Å². The van der Waals surface area contributed by atoms with Crippen LogP contribution < -0.4 is 0 Å². The minimum atomic E-state index is 0.713. The number of fused-ring (bicyclic) bond motifs is 6. The highest BCUT2D eigenvalue weighted by molar-refractivity contribution is 5.31. The Balaban J connectivity index is 1.80. The Bertz CT molecular complexity index is 284. The third-order valence-corrected chi connectivity index (χ3v) is 5.70. The molecule has 4 aliphatic carbocycles. The Morgan fingerprint density at radius 2 is 1.92 bits per heavy atom. The zero-order chi connectivity index (χ0) is 8.63. The second-order valence-electron chi connectivity index (χ2n) is 5.99. The van der Waals surface area contributed by atoms with Crippen LogP contribution in [-0.2, 0) is 0 Å². The fraction of sp³-hybridized carbons (Fsp3) is 0.846. The van der Waals surface area contributed by atoms with Gasteiger partial charge in [-0.15, -0.1) is 0 Å². The topological polar surface area (TPSA) is 0 Å². The van der Waals surface area contributed by atoms with Gasteiger partial charge in [0.25, 0.3) is 0 Å². The number of rotatable bonds is 0. The van der Waals surface area contributed by atoms with Crippen molar-refractivity contribution in [3.05, 3.63) is 12.2 Å². The van der Waals surface area contributed by atoms with Crippen LogP contribution in [0.15, 0.2) is 12.2 Å². The van der Waals surface area contributed by atoms with E-state index in [0.29, 0.717) is 5.41 Å². The van der Waals surface area contributed by atoms with Gasteiger partial charge in [-0.3, -0.25) is 0 Å². The van der Waals surface area contributed by atoms with Gasteiger partial charge >= 0.3 is 0 Å². The van der Waals surface area contributed by atoms with Crippen molar-refractivity contribution < 1.29 is 0 Å². The van der Waals surface area contributed by atoms with E-state index in [0.717, 1.165) is 23.7 Å². The Labute approximate surface area is 80.4 Å². The third kappa shape index (κ3) is 0.639. The normalized spacial score (nSPS) is 54.6. The summed E-state index contributed by atoms with van der Waals surface area (Å²) in [6.45, 7) is 4.35. The molecule has 0 saturated heterocycles. The summed E-state index contributed by atoms with van der Waals surface area (Å²) in [4.78, 5) is 0. The second-order valence-corrected chi connectivity index (χ2v) is 5.99. The molecule has 0 aromatic carbocycles. The first kappa shape index (κ1) is 7.09. The molecule has 2 bridgehead atoms. The molecular formula is C13H18. The van der Waals surface area contributed by atoms with Gasteiger partial charge in [0.15, 0.2) is 0 Å². The minimum Gasteiger partial charge on any atom is -0.0993 e. The van der Waals surface area contributed by atoms with Crippen molar-refractivity contribution in [2.24, 2.45) is 29.1 Å². The molecule has 4 rings (SSSR count). The average Bonchev–Trinajstić information content (AvgIpc) is 2.52. The van der Waals surface area contributed by atoms with Gasteiger partial charge in [-0.25, -0.2) is 0 Å². The second kappa shape index (κ2) is 1.89. The van der Waals surface area contributed by atoms with Gasteiger partial charge in [0.1, 0.15) is 0 Å². The van der Waals surface area contributed by atoms with Crippen molar-refractivity contribution >= 4 is 0 Å². The summed E-state index contributed by atoms with van der Waals surface area (Å²) in [5.74, 6) is 4.44. The van der Waals surface area contributed by atoms with Crippen LogP contribution in [0.25, 0.3) is 0 Å².